The monoisotopic (exact) mass is 370 g/mol. The smallest absolute Gasteiger partial charge is 0.245 e. The summed E-state index contributed by atoms with van der Waals surface area (Å²) in [5.74, 6) is 0.423. The third-order valence-electron chi connectivity index (χ3n) is 6.01. The molecule has 0 unspecified atom stereocenters. The standard InChI is InChI=1S/C24H23N3O/c1-12(2)15-10-16-9-13(3)14(4)20-21(16)19(11-15)28-24-23(20)27(5)18-8-6-7-17(25)22(18)26-24/h6-12,25H,1-5H3/p+1. The molecular formula is C24H24N3O+. The van der Waals surface area contributed by atoms with E-state index in [1.807, 2.05) is 12.1 Å². The highest BCUT2D eigenvalue weighted by Gasteiger charge is 2.19. The number of rotatable bonds is 1. The molecule has 4 nitrogen and oxygen atoms in total. The van der Waals surface area contributed by atoms with Gasteiger partial charge >= 0.3 is 0 Å². The maximum Gasteiger partial charge on any atom is 0.245 e. The van der Waals surface area contributed by atoms with Gasteiger partial charge < -0.3 is 8.98 Å². The van der Waals surface area contributed by atoms with E-state index in [1.165, 1.54) is 32.8 Å². The predicted molar refractivity (Wildman–Crippen MR) is 114 cm³/mol. The Hall–Kier alpha value is -3.14. The first kappa shape index (κ1) is 17.0. The third-order valence-corrected chi connectivity index (χ3v) is 6.01. The zero-order valence-electron chi connectivity index (χ0n) is 16.9. The Morgan fingerprint density at radius 3 is 2.61 bits per heavy atom. The molecule has 2 N–H and O–H groups in total. The number of nitrogens with two attached hydrogens (primary N) is 1. The van der Waals surface area contributed by atoms with Gasteiger partial charge in [0.15, 0.2) is 5.52 Å². The molecule has 0 amide bonds. The molecule has 5 rings (SSSR count). The van der Waals surface area contributed by atoms with Gasteiger partial charge in [-0.25, -0.2) is 4.98 Å². The molecule has 3 aromatic carbocycles. The van der Waals surface area contributed by atoms with Crippen LogP contribution in [0.15, 0.2) is 40.8 Å². The SMILES string of the molecule is Cc1cc2cc(C(C)C)cc3oc4nc5c(=[NH2+])cccc5n(C)c4c(c1C)c23. The molecule has 0 spiro atoms. The van der Waals surface area contributed by atoms with E-state index in [9.17, 15) is 0 Å². The van der Waals surface area contributed by atoms with E-state index in [0.29, 0.717) is 17.0 Å². The van der Waals surface area contributed by atoms with Crippen LogP contribution in [-0.2, 0) is 7.05 Å². The Labute approximate surface area is 162 Å². The van der Waals surface area contributed by atoms with Crippen LogP contribution in [-0.4, -0.2) is 9.55 Å². The number of para-hydroxylation sites is 1. The summed E-state index contributed by atoms with van der Waals surface area (Å²) < 4.78 is 8.55. The Balaban J connectivity index is 2.14. The fourth-order valence-corrected chi connectivity index (χ4v) is 4.29. The first-order valence-corrected chi connectivity index (χ1v) is 9.71. The molecule has 0 bridgehead atoms. The van der Waals surface area contributed by atoms with Crippen molar-refractivity contribution in [3.8, 4) is 0 Å². The minimum Gasteiger partial charge on any atom is -0.436 e. The van der Waals surface area contributed by atoms with Crippen LogP contribution in [0, 0.1) is 13.8 Å². The molecule has 0 atom stereocenters. The van der Waals surface area contributed by atoms with Crippen molar-refractivity contribution in [2.75, 3.05) is 0 Å². The van der Waals surface area contributed by atoms with Crippen molar-refractivity contribution in [1.82, 2.24) is 9.55 Å². The van der Waals surface area contributed by atoms with E-state index >= 15 is 0 Å². The van der Waals surface area contributed by atoms with Gasteiger partial charge in [-0.1, -0.05) is 32.0 Å². The molecule has 0 aliphatic rings. The number of hydrogen-bond acceptors (Lipinski definition) is 2. The molecule has 0 saturated carbocycles. The summed E-state index contributed by atoms with van der Waals surface area (Å²) in [6, 6.07) is 12.6. The molecule has 0 aliphatic heterocycles. The highest BCUT2D eigenvalue weighted by molar-refractivity contribution is 6.18. The maximum absolute atomic E-state index is 6.39. The van der Waals surface area contributed by atoms with Crippen molar-refractivity contribution < 1.29 is 9.83 Å². The normalized spacial score (nSPS) is 12.2. The van der Waals surface area contributed by atoms with Crippen molar-refractivity contribution in [1.29, 1.82) is 0 Å². The molecule has 0 saturated heterocycles. The summed E-state index contributed by atoms with van der Waals surface area (Å²) in [5.41, 5.74) is 8.09. The number of benzene rings is 3. The predicted octanol–water partition coefficient (Wildman–Crippen LogP) is 4.03. The van der Waals surface area contributed by atoms with Gasteiger partial charge in [0, 0.05) is 23.9 Å². The number of aromatic nitrogens is 2. The maximum atomic E-state index is 6.39. The van der Waals surface area contributed by atoms with Crippen LogP contribution in [0.3, 0.4) is 0 Å². The van der Waals surface area contributed by atoms with Crippen molar-refractivity contribution in [3.63, 3.8) is 0 Å². The summed E-state index contributed by atoms with van der Waals surface area (Å²) in [4.78, 5) is 4.84. The highest BCUT2D eigenvalue weighted by atomic mass is 16.3. The van der Waals surface area contributed by atoms with Crippen LogP contribution in [0.2, 0.25) is 0 Å². The summed E-state index contributed by atoms with van der Waals surface area (Å²) in [6.45, 7) is 8.77. The van der Waals surface area contributed by atoms with Crippen LogP contribution >= 0.6 is 0 Å². The fraction of sp³-hybridized carbons (Fsp3) is 0.250. The van der Waals surface area contributed by atoms with Crippen molar-refractivity contribution in [3.05, 3.63) is 58.4 Å². The first-order chi connectivity index (χ1) is 13.4. The molecule has 4 heteroatoms. The molecule has 2 heterocycles. The van der Waals surface area contributed by atoms with Gasteiger partial charge in [-0.2, -0.15) is 0 Å². The minimum absolute atomic E-state index is 0.423. The molecule has 0 fully saturated rings. The number of fused-ring (bicyclic) bond motifs is 3. The topological polar surface area (TPSA) is 56.6 Å². The minimum atomic E-state index is 0.423. The molecule has 5 aromatic rings. The molecule has 0 radical (unpaired) electrons. The zero-order chi connectivity index (χ0) is 19.7. The van der Waals surface area contributed by atoms with Gasteiger partial charge in [0.05, 0.1) is 5.52 Å². The first-order valence-electron chi connectivity index (χ1n) is 9.71. The van der Waals surface area contributed by atoms with E-state index in [1.54, 1.807) is 0 Å². The van der Waals surface area contributed by atoms with Gasteiger partial charge in [0.2, 0.25) is 11.1 Å². The van der Waals surface area contributed by atoms with E-state index in [-0.39, 0.29) is 0 Å². The Morgan fingerprint density at radius 1 is 1.07 bits per heavy atom. The van der Waals surface area contributed by atoms with Crippen molar-refractivity contribution in [2.24, 2.45) is 7.05 Å². The Morgan fingerprint density at radius 2 is 1.86 bits per heavy atom. The summed E-state index contributed by atoms with van der Waals surface area (Å²) in [5, 5.41) is 10.5. The van der Waals surface area contributed by atoms with Gasteiger partial charge in [-0.15, -0.1) is 0 Å². The Bertz CT molecular complexity index is 1490. The van der Waals surface area contributed by atoms with Crippen LogP contribution in [0.4, 0.5) is 0 Å². The van der Waals surface area contributed by atoms with E-state index in [4.69, 9.17) is 14.8 Å². The second-order valence-electron chi connectivity index (χ2n) is 8.11. The number of hydrogen-bond donors (Lipinski definition) is 1. The van der Waals surface area contributed by atoms with Crippen molar-refractivity contribution in [2.45, 2.75) is 33.6 Å². The zero-order valence-corrected chi connectivity index (χ0v) is 16.9. The molecule has 0 aliphatic carbocycles. The lowest BCUT2D eigenvalue weighted by atomic mass is 9.92. The lowest BCUT2D eigenvalue weighted by Gasteiger charge is -2.18. The number of aryl methyl sites for hydroxylation is 3. The third kappa shape index (κ3) is 2.18. The lowest BCUT2D eigenvalue weighted by Crippen LogP contribution is -2.45. The molecule has 140 valence electrons. The van der Waals surface area contributed by atoms with E-state index < -0.39 is 0 Å². The van der Waals surface area contributed by atoms with Crippen LogP contribution in [0.25, 0.3) is 44.0 Å². The summed E-state index contributed by atoms with van der Waals surface area (Å²) >= 11 is 0. The largest absolute Gasteiger partial charge is 0.436 e. The second-order valence-corrected chi connectivity index (χ2v) is 8.11. The summed E-state index contributed by atoms with van der Waals surface area (Å²) in [7, 11) is 2.06. The molecular weight excluding hydrogens is 346 g/mol. The van der Waals surface area contributed by atoms with Crippen LogP contribution in [0.1, 0.15) is 36.5 Å². The second kappa shape index (κ2) is 5.68. The molecule has 28 heavy (non-hydrogen) atoms. The van der Waals surface area contributed by atoms with Gasteiger partial charge in [-0.05, 0) is 54.0 Å². The van der Waals surface area contributed by atoms with Crippen molar-refractivity contribution >= 4 is 44.0 Å². The number of nitrogens with zero attached hydrogens (tertiary/aromatic N) is 2. The van der Waals surface area contributed by atoms with Gasteiger partial charge in [-0.3, -0.25) is 5.41 Å². The average Bonchev–Trinajstić information content (AvgIpc) is 2.65. The highest BCUT2D eigenvalue weighted by Crippen LogP contribution is 2.38. The molecule has 2 aromatic heterocycles. The quantitative estimate of drug-likeness (QED) is 0.358. The van der Waals surface area contributed by atoms with E-state index in [0.717, 1.165) is 22.1 Å². The Kier molecular flexibility index (Phi) is 3.45. The fourth-order valence-electron chi connectivity index (χ4n) is 4.29. The summed E-state index contributed by atoms with van der Waals surface area (Å²) in [6.07, 6.45) is 0. The average molecular weight is 370 g/mol. The van der Waals surface area contributed by atoms with E-state index in [2.05, 4.69) is 63.6 Å². The van der Waals surface area contributed by atoms with Crippen LogP contribution in [0.5, 0.6) is 0 Å². The van der Waals surface area contributed by atoms with Crippen LogP contribution < -0.4 is 10.8 Å². The van der Waals surface area contributed by atoms with Gasteiger partial charge in [0.1, 0.15) is 11.1 Å². The lowest BCUT2D eigenvalue weighted by molar-refractivity contribution is -0.170. The van der Waals surface area contributed by atoms with Gasteiger partial charge in [0.25, 0.3) is 0 Å².